The van der Waals surface area contributed by atoms with Gasteiger partial charge in [0.15, 0.2) is 9.84 Å². The number of nitrogens with one attached hydrogen (secondary N) is 1. The first-order chi connectivity index (χ1) is 10.00. The molecule has 1 aliphatic heterocycles. The monoisotopic (exact) mass is 311 g/mol. The smallest absolute Gasteiger partial charge is 0.224 e. The number of amides is 1. The molecule has 1 amide bonds. The first kappa shape index (κ1) is 15.8. The number of sulfone groups is 1. The van der Waals surface area contributed by atoms with Crippen molar-refractivity contribution in [3.63, 3.8) is 0 Å². The zero-order valence-electron chi connectivity index (χ0n) is 12.2. The van der Waals surface area contributed by atoms with Crippen LogP contribution in [0, 0.1) is 5.92 Å². The van der Waals surface area contributed by atoms with Crippen LogP contribution in [0.5, 0.6) is 5.75 Å². The minimum atomic E-state index is -2.94. The van der Waals surface area contributed by atoms with E-state index in [0.717, 1.165) is 6.42 Å². The lowest BCUT2D eigenvalue weighted by Gasteiger charge is -2.13. The van der Waals surface area contributed by atoms with Gasteiger partial charge in [-0.2, -0.15) is 0 Å². The maximum absolute atomic E-state index is 12.0. The van der Waals surface area contributed by atoms with Crippen LogP contribution in [0.15, 0.2) is 24.3 Å². The Morgan fingerprint density at radius 3 is 2.81 bits per heavy atom. The highest BCUT2D eigenvalue weighted by Crippen LogP contribution is 2.26. The fourth-order valence-corrected chi connectivity index (χ4v) is 4.27. The number of ether oxygens (including phenoxy) is 1. The van der Waals surface area contributed by atoms with Gasteiger partial charge in [0.1, 0.15) is 5.75 Å². The van der Waals surface area contributed by atoms with Gasteiger partial charge in [-0.25, -0.2) is 8.42 Å². The standard InChI is InChI=1S/C15H21NO4S/c1-2-8-20-14-6-4-3-5-13(14)16-15(17)10-12-7-9-21(18,19)11-12/h3-6,12H,2,7-11H2,1H3,(H,16,17). The van der Waals surface area contributed by atoms with Crippen molar-refractivity contribution in [1.82, 2.24) is 0 Å². The molecule has 0 saturated carbocycles. The number of hydrogen-bond donors (Lipinski definition) is 1. The van der Waals surface area contributed by atoms with Crippen LogP contribution in [-0.2, 0) is 14.6 Å². The molecule has 1 atom stereocenters. The summed E-state index contributed by atoms with van der Waals surface area (Å²) in [4.78, 5) is 12.0. The van der Waals surface area contributed by atoms with Gasteiger partial charge in [-0.15, -0.1) is 0 Å². The Morgan fingerprint density at radius 2 is 2.14 bits per heavy atom. The summed E-state index contributed by atoms with van der Waals surface area (Å²) in [6.45, 7) is 2.61. The van der Waals surface area contributed by atoms with Crippen molar-refractivity contribution in [2.45, 2.75) is 26.2 Å². The van der Waals surface area contributed by atoms with E-state index >= 15 is 0 Å². The molecule has 0 bridgehead atoms. The maximum atomic E-state index is 12.0. The van der Waals surface area contributed by atoms with E-state index in [1.807, 2.05) is 25.1 Å². The van der Waals surface area contributed by atoms with E-state index in [1.54, 1.807) is 6.07 Å². The molecular formula is C15H21NO4S. The predicted molar refractivity (Wildman–Crippen MR) is 82.2 cm³/mol. The Morgan fingerprint density at radius 1 is 1.38 bits per heavy atom. The van der Waals surface area contributed by atoms with Crippen molar-refractivity contribution in [3.05, 3.63) is 24.3 Å². The number of anilines is 1. The van der Waals surface area contributed by atoms with Gasteiger partial charge >= 0.3 is 0 Å². The van der Waals surface area contributed by atoms with Crippen LogP contribution in [0.4, 0.5) is 5.69 Å². The van der Waals surface area contributed by atoms with Gasteiger partial charge in [0.05, 0.1) is 23.8 Å². The second kappa shape index (κ2) is 6.93. The molecule has 116 valence electrons. The Hall–Kier alpha value is -1.56. The van der Waals surface area contributed by atoms with Gasteiger partial charge in [-0.3, -0.25) is 4.79 Å². The zero-order chi connectivity index (χ0) is 15.3. The van der Waals surface area contributed by atoms with Crippen LogP contribution in [0.3, 0.4) is 0 Å². The van der Waals surface area contributed by atoms with Crippen LogP contribution in [0.25, 0.3) is 0 Å². The molecule has 1 unspecified atom stereocenters. The number of carbonyl (C=O) groups excluding carboxylic acids is 1. The van der Waals surface area contributed by atoms with Gasteiger partial charge in [-0.1, -0.05) is 19.1 Å². The van der Waals surface area contributed by atoms with E-state index in [9.17, 15) is 13.2 Å². The minimum Gasteiger partial charge on any atom is -0.491 e. The Bertz CT molecular complexity index is 597. The summed E-state index contributed by atoms with van der Waals surface area (Å²) in [5.74, 6) is 0.727. The lowest BCUT2D eigenvalue weighted by Crippen LogP contribution is -2.18. The largest absolute Gasteiger partial charge is 0.491 e. The molecule has 1 heterocycles. The normalized spacial score (nSPS) is 20.1. The quantitative estimate of drug-likeness (QED) is 0.874. The molecule has 1 saturated heterocycles. The van der Waals surface area contributed by atoms with E-state index < -0.39 is 9.84 Å². The zero-order valence-corrected chi connectivity index (χ0v) is 13.0. The minimum absolute atomic E-state index is 0.0706. The molecule has 1 aromatic carbocycles. The predicted octanol–water partition coefficient (Wildman–Crippen LogP) is 2.24. The number of carbonyl (C=O) groups is 1. The highest BCUT2D eigenvalue weighted by Gasteiger charge is 2.29. The molecule has 2 rings (SSSR count). The first-order valence-corrected chi connectivity index (χ1v) is 9.04. The van der Waals surface area contributed by atoms with Gasteiger partial charge in [-0.05, 0) is 30.9 Å². The van der Waals surface area contributed by atoms with Crippen LogP contribution >= 0.6 is 0 Å². The van der Waals surface area contributed by atoms with Gasteiger partial charge in [0.25, 0.3) is 0 Å². The topological polar surface area (TPSA) is 72.5 Å². The third-order valence-corrected chi connectivity index (χ3v) is 5.26. The van der Waals surface area contributed by atoms with E-state index in [4.69, 9.17) is 4.74 Å². The summed E-state index contributed by atoms with van der Waals surface area (Å²) in [6.07, 6.45) is 1.70. The van der Waals surface area contributed by atoms with E-state index in [0.29, 0.717) is 24.5 Å². The molecule has 0 spiro atoms. The summed E-state index contributed by atoms with van der Waals surface area (Å²) >= 11 is 0. The Kier molecular flexibility index (Phi) is 5.22. The molecular weight excluding hydrogens is 290 g/mol. The molecule has 0 radical (unpaired) electrons. The summed E-state index contributed by atoms with van der Waals surface area (Å²) in [5.41, 5.74) is 0.636. The molecule has 0 aliphatic carbocycles. The van der Waals surface area contributed by atoms with Crippen LogP contribution in [0.2, 0.25) is 0 Å². The van der Waals surface area contributed by atoms with Crippen LogP contribution < -0.4 is 10.1 Å². The molecule has 6 heteroatoms. The Balaban J connectivity index is 1.93. The number of hydrogen-bond acceptors (Lipinski definition) is 4. The summed E-state index contributed by atoms with van der Waals surface area (Å²) in [6, 6.07) is 7.28. The van der Waals surface area contributed by atoms with E-state index in [-0.39, 0.29) is 29.8 Å². The highest BCUT2D eigenvalue weighted by atomic mass is 32.2. The SMILES string of the molecule is CCCOc1ccccc1NC(=O)CC1CCS(=O)(=O)C1. The molecule has 21 heavy (non-hydrogen) atoms. The van der Waals surface area contributed by atoms with Crippen molar-refractivity contribution in [1.29, 1.82) is 0 Å². The summed E-state index contributed by atoms with van der Waals surface area (Å²) in [5, 5.41) is 2.81. The lowest BCUT2D eigenvalue weighted by molar-refractivity contribution is -0.116. The fourth-order valence-electron chi connectivity index (χ4n) is 2.40. The Labute approximate surface area is 125 Å². The molecule has 1 fully saturated rings. The van der Waals surface area contributed by atoms with Crippen molar-refractivity contribution >= 4 is 21.4 Å². The third kappa shape index (κ3) is 4.74. The van der Waals surface area contributed by atoms with Gasteiger partial charge < -0.3 is 10.1 Å². The van der Waals surface area contributed by atoms with Crippen molar-refractivity contribution in [2.24, 2.45) is 5.92 Å². The summed E-state index contributed by atoms with van der Waals surface area (Å²) < 4.78 is 28.4. The second-order valence-electron chi connectivity index (χ2n) is 5.37. The number of rotatable bonds is 6. The fraction of sp³-hybridized carbons (Fsp3) is 0.533. The summed E-state index contributed by atoms with van der Waals surface area (Å²) in [7, 11) is -2.94. The third-order valence-electron chi connectivity index (χ3n) is 3.42. The average molecular weight is 311 g/mol. The van der Waals surface area contributed by atoms with Crippen LogP contribution in [0.1, 0.15) is 26.2 Å². The number of benzene rings is 1. The first-order valence-electron chi connectivity index (χ1n) is 7.22. The molecule has 1 N–H and O–H groups in total. The van der Waals surface area contributed by atoms with Gasteiger partial charge in [0, 0.05) is 6.42 Å². The van der Waals surface area contributed by atoms with Crippen molar-refractivity contribution in [3.8, 4) is 5.75 Å². The number of para-hydroxylation sites is 2. The van der Waals surface area contributed by atoms with Crippen molar-refractivity contribution in [2.75, 3.05) is 23.4 Å². The molecule has 1 aromatic rings. The molecule has 5 nitrogen and oxygen atoms in total. The van der Waals surface area contributed by atoms with Gasteiger partial charge in [0.2, 0.25) is 5.91 Å². The molecule has 0 aromatic heterocycles. The highest BCUT2D eigenvalue weighted by molar-refractivity contribution is 7.91. The lowest BCUT2D eigenvalue weighted by atomic mass is 10.0. The van der Waals surface area contributed by atoms with Crippen molar-refractivity contribution < 1.29 is 17.9 Å². The van der Waals surface area contributed by atoms with Crippen LogP contribution in [-0.4, -0.2) is 32.4 Å². The molecule has 1 aliphatic rings. The second-order valence-corrected chi connectivity index (χ2v) is 7.59. The maximum Gasteiger partial charge on any atom is 0.224 e. The van der Waals surface area contributed by atoms with E-state index in [2.05, 4.69) is 5.32 Å². The average Bonchev–Trinajstić information content (AvgIpc) is 2.76. The van der Waals surface area contributed by atoms with E-state index in [1.165, 1.54) is 0 Å².